The highest BCUT2D eigenvalue weighted by Gasteiger charge is 2.20. The van der Waals surface area contributed by atoms with Crippen molar-refractivity contribution in [1.82, 2.24) is 4.57 Å². The van der Waals surface area contributed by atoms with Crippen molar-refractivity contribution < 1.29 is 9.21 Å². The minimum absolute atomic E-state index is 0.0335. The van der Waals surface area contributed by atoms with Gasteiger partial charge in [0.25, 0.3) is 0 Å². The van der Waals surface area contributed by atoms with Crippen molar-refractivity contribution in [2.24, 2.45) is 0 Å². The van der Waals surface area contributed by atoms with E-state index in [1.165, 1.54) is 0 Å². The number of hydrogen-bond acceptors (Lipinski definition) is 2. The van der Waals surface area contributed by atoms with Crippen molar-refractivity contribution in [2.75, 3.05) is 5.32 Å². The minimum Gasteiger partial charge on any atom is -0.467 e. The van der Waals surface area contributed by atoms with E-state index in [2.05, 4.69) is 5.32 Å². The summed E-state index contributed by atoms with van der Waals surface area (Å²) >= 11 is 0. The Morgan fingerprint density at radius 3 is 2.65 bits per heavy atom. The number of anilines is 1. The molecule has 0 radical (unpaired) electrons. The first kappa shape index (κ1) is 15.2. The van der Waals surface area contributed by atoms with Crippen molar-refractivity contribution in [1.29, 1.82) is 0 Å². The summed E-state index contributed by atoms with van der Waals surface area (Å²) in [5, 5.41) is 3.01. The lowest BCUT2D eigenvalue weighted by atomic mass is 10.1. The first-order valence-corrected chi connectivity index (χ1v) is 7.66. The average Bonchev–Trinajstić information content (AvgIpc) is 3.21. The molecule has 4 heteroatoms. The number of carbonyl (C=O) groups is 1. The molecule has 0 bridgehead atoms. The Bertz CT molecular complexity index is 740. The quantitative estimate of drug-likeness (QED) is 0.763. The van der Waals surface area contributed by atoms with Gasteiger partial charge in [-0.1, -0.05) is 12.1 Å². The predicted octanol–water partition coefficient (Wildman–Crippen LogP) is 4.32. The van der Waals surface area contributed by atoms with Gasteiger partial charge in [0.2, 0.25) is 5.91 Å². The molecule has 23 heavy (non-hydrogen) atoms. The number of furan rings is 1. The van der Waals surface area contributed by atoms with E-state index in [1.807, 2.05) is 73.3 Å². The van der Waals surface area contributed by atoms with Gasteiger partial charge >= 0.3 is 0 Å². The second-order valence-electron chi connectivity index (χ2n) is 5.73. The van der Waals surface area contributed by atoms with Gasteiger partial charge in [-0.05, 0) is 55.3 Å². The lowest BCUT2D eigenvalue weighted by Crippen LogP contribution is -2.19. The second kappa shape index (κ2) is 6.57. The summed E-state index contributed by atoms with van der Waals surface area (Å²) in [5.74, 6) is 0.742. The smallest absolute Gasteiger partial charge is 0.226 e. The minimum atomic E-state index is -0.148. The molecule has 0 saturated heterocycles. The second-order valence-corrected chi connectivity index (χ2v) is 5.73. The average molecular weight is 308 g/mol. The lowest BCUT2D eigenvalue weighted by molar-refractivity contribution is -0.116. The van der Waals surface area contributed by atoms with Crippen molar-refractivity contribution in [3.63, 3.8) is 0 Å². The monoisotopic (exact) mass is 308 g/mol. The zero-order valence-electron chi connectivity index (χ0n) is 13.3. The number of benzene rings is 1. The fraction of sp³-hybridized carbons (Fsp3) is 0.211. The van der Waals surface area contributed by atoms with Gasteiger partial charge in [0, 0.05) is 18.1 Å². The fourth-order valence-corrected chi connectivity index (χ4v) is 2.64. The van der Waals surface area contributed by atoms with Crippen LogP contribution in [0, 0.1) is 13.8 Å². The van der Waals surface area contributed by atoms with Crippen molar-refractivity contribution in [2.45, 2.75) is 26.3 Å². The van der Waals surface area contributed by atoms with E-state index >= 15 is 0 Å². The standard InChI is InChI=1S/C19H20N2O2/c1-14-7-8-15(2)16(12-14)20-19(22)13-17(18-6-5-11-23-18)21-9-3-4-10-21/h3-12,17H,13H2,1-2H3,(H,20,22)/t17-/m1/s1. The molecular weight excluding hydrogens is 288 g/mol. The van der Waals surface area contributed by atoms with Gasteiger partial charge in [-0.25, -0.2) is 0 Å². The third-order valence-electron chi connectivity index (χ3n) is 3.90. The fourth-order valence-electron chi connectivity index (χ4n) is 2.64. The van der Waals surface area contributed by atoms with Gasteiger partial charge in [0.1, 0.15) is 5.76 Å². The molecule has 1 atom stereocenters. The zero-order valence-corrected chi connectivity index (χ0v) is 13.3. The first-order valence-electron chi connectivity index (χ1n) is 7.66. The predicted molar refractivity (Wildman–Crippen MR) is 90.4 cm³/mol. The van der Waals surface area contributed by atoms with Crippen LogP contribution in [0.15, 0.2) is 65.5 Å². The largest absolute Gasteiger partial charge is 0.467 e. The summed E-state index contributed by atoms with van der Waals surface area (Å²) in [4.78, 5) is 12.5. The van der Waals surface area contributed by atoms with Crippen LogP contribution in [-0.4, -0.2) is 10.5 Å². The third-order valence-corrected chi connectivity index (χ3v) is 3.90. The van der Waals surface area contributed by atoms with Crippen molar-refractivity contribution in [3.05, 3.63) is 78.0 Å². The normalized spacial score (nSPS) is 12.1. The van der Waals surface area contributed by atoms with Crippen LogP contribution in [0.4, 0.5) is 5.69 Å². The van der Waals surface area contributed by atoms with Gasteiger partial charge in [-0.2, -0.15) is 0 Å². The molecule has 118 valence electrons. The first-order chi connectivity index (χ1) is 11.1. The molecule has 2 heterocycles. The van der Waals surface area contributed by atoms with E-state index in [-0.39, 0.29) is 11.9 Å². The van der Waals surface area contributed by atoms with E-state index in [1.54, 1.807) is 6.26 Å². The Kier molecular flexibility index (Phi) is 4.33. The molecule has 4 nitrogen and oxygen atoms in total. The van der Waals surface area contributed by atoms with Crippen molar-refractivity contribution >= 4 is 11.6 Å². The molecule has 3 aromatic rings. The summed E-state index contributed by atoms with van der Waals surface area (Å²) in [5.41, 5.74) is 3.04. The highest BCUT2D eigenvalue weighted by molar-refractivity contribution is 5.92. The number of amides is 1. The summed E-state index contributed by atoms with van der Waals surface area (Å²) < 4.78 is 7.50. The Hall–Kier alpha value is -2.75. The molecule has 0 aliphatic carbocycles. The Balaban J connectivity index is 1.78. The van der Waals surface area contributed by atoms with Gasteiger partial charge in [-0.3, -0.25) is 4.79 Å². The molecule has 2 aromatic heterocycles. The third kappa shape index (κ3) is 3.54. The number of nitrogens with one attached hydrogen (secondary N) is 1. The number of nitrogens with zero attached hydrogens (tertiary/aromatic N) is 1. The molecule has 1 N–H and O–H groups in total. The SMILES string of the molecule is Cc1ccc(C)c(NC(=O)C[C@H](c2ccco2)n2cccc2)c1. The van der Waals surface area contributed by atoms with E-state index in [4.69, 9.17) is 4.42 Å². The molecular formula is C19H20N2O2. The van der Waals surface area contributed by atoms with E-state index in [9.17, 15) is 4.79 Å². The highest BCUT2D eigenvalue weighted by atomic mass is 16.3. The Morgan fingerprint density at radius 1 is 1.17 bits per heavy atom. The summed E-state index contributed by atoms with van der Waals surface area (Å²) in [6.07, 6.45) is 5.83. The number of rotatable bonds is 5. The topological polar surface area (TPSA) is 47.2 Å². The molecule has 0 fully saturated rings. The summed E-state index contributed by atoms with van der Waals surface area (Å²) in [7, 11) is 0. The molecule has 1 aromatic carbocycles. The molecule has 1 amide bonds. The lowest BCUT2D eigenvalue weighted by Gasteiger charge is -2.17. The van der Waals surface area contributed by atoms with Crippen LogP contribution in [0.25, 0.3) is 0 Å². The van der Waals surface area contributed by atoms with Gasteiger partial charge in [0.05, 0.1) is 18.7 Å². The summed E-state index contributed by atoms with van der Waals surface area (Å²) in [6, 6.07) is 13.5. The molecule has 0 spiro atoms. The highest BCUT2D eigenvalue weighted by Crippen LogP contribution is 2.24. The maximum atomic E-state index is 12.5. The molecule has 0 aliphatic rings. The van der Waals surface area contributed by atoms with Crippen LogP contribution in [-0.2, 0) is 4.79 Å². The van der Waals surface area contributed by atoms with Crippen LogP contribution in [0.3, 0.4) is 0 Å². The van der Waals surface area contributed by atoms with E-state index in [0.29, 0.717) is 6.42 Å². The van der Waals surface area contributed by atoms with Gasteiger partial charge in [-0.15, -0.1) is 0 Å². The Morgan fingerprint density at radius 2 is 1.96 bits per heavy atom. The molecule has 0 aliphatic heterocycles. The number of carbonyl (C=O) groups excluding carboxylic acids is 1. The van der Waals surface area contributed by atoms with Crippen molar-refractivity contribution in [3.8, 4) is 0 Å². The zero-order chi connectivity index (χ0) is 16.2. The van der Waals surface area contributed by atoms with Crippen LogP contribution in [0.1, 0.15) is 29.3 Å². The maximum Gasteiger partial charge on any atom is 0.226 e. The van der Waals surface area contributed by atoms with Crippen LogP contribution in [0.5, 0.6) is 0 Å². The van der Waals surface area contributed by atoms with Gasteiger partial charge in [0.15, 0.2) is 0 Å². The van der Waals surface area contributed by atoms with Gasteiger partial charge < -0.3 is 14.3 Å². The molecule has 0 saturated carbocycles. The van der Waals surface area contributed by atoms with Crippen LogP contribution < -0.4 is 5.32 Å². The van der Waals surface area contributed by atoms with E-state index in [0.717, 1.165) is 22.6 Å². The molecule has 3 rings (SSSR count). The number of hydrogen-bond donors (Lipinski definition) is 1. The Labute approximate surface area is 135 Å². The van der Waals surface area contributed by atoms with Crippen LogP contribution >= 0.6 is 0 Å². The molecule has 0 unspecified atom stereocenters. The number of aryl methyl sites for hydroxylation is 2. The number of aromatic nitrogens is 1. The summed E-state index contributed by atoms with van der Waals surface area (Å²) in [6.45, 7) is 4.01. The maximum absolute atomic E-state index is 12.5. The van der Waals surface area contributed by atoms with Crippen LogP contribution in [0.2, 0.25) is 0 Å². The van der Waals surface area contributed by atoms with E-state index < -0.39 is 0 Å².